The predicted octanol–water partition coefficient (Wildman–Crippen LogP) is 3.64. The summed E-state index contributed by atoms with van der Waals surface area (Å²) in [6, 6.07) is 7.45. The first kappa shape index (κ1) is 19.8. The van der Waals surface area contributed by atoms with Crippen LogP contribution in [0.15, 0.2) is 48.8 Å². The van der Waals surface area contributed by atoms with Crippen molar-refractivity contribution in [3.05, 3.63) is 54.3 Å². The van der Waals surface area contributed by atoms with E-state index in [1.54, 1.807) is 13.2 Å². The van der Waals surface area contributed by atoms with Crippen LogP contribution >= 0.6 is 0 Å². The number of ether oxygens (including phenoxy) is 4. The van der Waals surface area contributed by atoms with Crippen molar-refractivity contribution < 1.29 is 23.7 Å². The highest BCUT2D eigenvalue weighted by Crippen LogP contribution is 2.12. The van der Waals surface area contributed by atoms with Gasteiger partial charge in [-0.15, -0.1) is 0 Å². The van der Waals surface area contributed by atoms with E-state index in [-0.39, 0.29) is 6.61 Å². The molecule has 1 atom stereocenters. The molecule has 24 heavy (non-hydrogen) atoms. The molecule has 0 N–H and O–H groups in total. The summed E-state index contributed by atoms with van der Waals surface area (Å²) in [5, 5.41) is 0. The normalized spacial score (nSPS) is 12.0. The van der Waals surface area contributed by atoms with Gasteiger partial charge in [-0.3, -0.25) is 0 Å². The lowest BCUT2D eigenvalue weighted by atomic mass is 10.2. The molecule has 0 radical (unpaired) electrons. The number of carbonyl (C=O) groups is 1. The van der Waals surface area contributed by atoms with Gasteiger partial charge in [-0.25, -0.2) is 4.79 Å². The minimum atomic E-state index is -0.595. The average Bonchev–Trinajstić information content (AvgIpc) is 2.59. The van der Waals surface area contributed by atoms with Gasteiger partial charge in [-0.2, -0.15) is 0 Å². The van der Waals surface area contributed by atoms with Crippen molar-refractivity contribution in [2.75, 3.05) is 20.3 Å². The van der Waals surface area contributed by atoms with E-state index in [0.29, 0.717) is 19.0 Å². The number of carbonyl (C=O) groups excluding carboxylic acids is 1. The van der Waals surface area contributed by atoms with Gasteiger partial charge in [-0.05, 0) is 37.1 Å². The third-order valence-electron chi connectivity index (χ3n) is 3.10. The zero-order valence-corrected chi connectivity index (χ0v) is 14.6. The Bertz CT molecular complexity index is 533. The van der Waals surface area contributed by atoms with Crippen LogP contribution in [-0.2, 0) is 25.6 Å². The molecule has 5 nitrogen and oxygen atoms in total. The molecule has 1 unspecified atom stereocenters. The molecule has 1 rings (SSSR count). The Balaban J connectivity index is 2.44. The minimum Gasteiger partial charge on any atom is -0.497 e. The molecular weight excluding hydrogens is 308 g/mol. The third kappa shape index (κ3) is 7.33. The average molecular weight is 334 g/mol. The van der Waals surface area contributed by atoms with Crippen molar-refractivity contribution in [3.63, 3.8) is 0 Å². The molecule has 0 amide bonds. The fourth-order valence-electron chi connectivity index (χ4n) is 1.89. The molecule has 1 aromatic rings. The van der Waals surface area contributed by atoms with Crippen molar-refractivity contribution >= 4 is 5.97 Å². The summed E-state index contributed by atoms with van der Waals surface area (Å²) >= 11 is 0. The second-order valence-corrected chi connectivity index (χ2v) is 4.99. The summed E-state index contributed by atoms with van der Waals surface area (Å²) in [5.41, 5.74) is 0.949. The fourth-order valence-corrected chi connectivity index (χ4v) is 1.89. The zero-order valence-electron chi connectivity index (χ0n) is 14.6. The van der Waals surface area contributed by atoms with Crippen molar-refractivity contribution in [3.8, 4) is 5.75 Å². The standard InChI is InChI=1S/C19H26O5/c1-5-7-8-18(15(3)23-6-2)24-19(20)14-22-13-16-9-11-17(21-4)12-10-16/h7-12,18H,3,5-6,13-14H2,1-2,4H3/b8-7+. The molecule has 0 spiro atoms. The van der Waals surface area contributed by atoms with E-state index >= 15 is 0 Å². The van der Waals surface area contributed by atoms with E-state index in [2.05, 4.69) is 6.58 Å². The molecule has 0 aliphatic heterocycles. The third-order valence-corrected chi connectivity index (χ3v) is 3.10. The van der Waals surface area contributed by atoms with Crippen LogP contribution in [0.25, 0.3) is 0 Å². The molecule has 0 heterocycles. The summed E-state index contributed by atoms with van der Waals surface area (Å²) < 4.78 is 21.1. The highest BCUT2D eigenvalue weighted by atomic mass is 16.6. The Morgan fingerprint density at radius 3 is 2.54 bits per heavy atom. The van der Waals surface area contributed by atoms with Gasteiger partial charge in [0.25, 0.3) is 0 Å². The second kappa shape index (κ2) is 11.3. The summed E-state index contributed by atoms with van der Waals surface area (Å²) in [6.45, 7) is 8.30. The maximum absolute atomic E-state index is 11.9. The summed E-state index contributed by atoms with van der Waals surface area (Å²) in [5.74, 6) is 0.721. The van der Waals surface area contributed by atoms with Crippen LogP contribution in [0, 0.1) is 0 Å². The first-order valence-electron chi connectivity index (χ1n) is 7.99. The van der Waals surface area contributed by atoms with Crippen molar-refractivity contribution in [2.45, 2.75) is 33.0 Å². The molecule has 0 aliphatic rings. The molecule has 0 bridgehead atoms. The molecule has 0 saturated heterocycles. The lowest BCUT2D eigenvalue weighted by Crippen LogP contribution is -2.22. The Morgan fingerprint density at radius 1 is 1.25 bits per heavy atom. The quantitative estimate of drug-likeness (QED) is 0.351. The number of rotatable bonds is 11. The molecule has 1 aromatic carbocycles. The van der Waals surface area contributed by atoms with E-state index in [0.717, 1.165) is 17.7 Å². The smallest absolute Gasteiger partial charge is 0.333 e. The van der Waals surface area contributed by atoms with Crippen LogP contribution in [0.2, 0.25) is 0 Å². The topological polar surface area (TPSA) is 54.0 Å². The zero-order chi connectivity index (χ0) is 17.8. The molecule has 0 aromatic heterocycles. The SMILES string of the molecule is C=C(OCC)C(/C=C/CC)OC(=O)COCc1ccc(OC)cc1. The second-order valence-electron chi connectivity index (χ2n) is 4.99. The molecule has 0 fully saturated rings. The number of allylic oxidation sites excluding steroid dienone is 1. The van der Waals surface area contributed by atoms with Crippen molar-refractivity contribution in [1.82, 2.24) is 0 Å². The minimum absolute atomic E-state index is 0.137. The summed E-state index contributed by atoms with van der Waals surface area (Å²) in [4.78, 5) is 11.9. The Labute approximate surface area is 143 Å². The van der Waals surface area contributed by atoms with Gasteiger partial charge in [0.2, 0.25) is 0 Å². The monoisotopic (exact) mass is 334 g/mol. The fraction of sp³-hybridized carbons (Fsp3) is 0.421. The number of esters is 1. The van der Waals surface area contributed by atoms with Crippen LogP contribution in [0.5, 0.6) is 5.75 Å². The van der Waals surface area contributed by atoms with Gasteiger partial charge in [0.1, 0.15) is 18.1 Å². The van der Waals surface area contributed by atoms with Crippen LogP contribution in [0.3, 0.4) is 0 Å². The van der Waals surface area contributed by atoms with Crippen LogP contribution in [0.4, 0.5) is 0 Å². The van der Waals surface area contributed by atoms with Crippen molar-refractivity contribution in [2.24, 2.45) is 0 Å². The van der Waals surface area contributed by atoms with Gasteiger partial charge < -0.3 is 18.9 Å². The Hall–Kier alpha value is -2.27. The van der Waals surface area contributed by atoms with E-state index in [4.69, 9.17) is 18.9 Å². The number of benzene rings is 1. The van der Waals surface area contributed by atoms with Crippen LogP contribution in [-0.4, -0.2) is 32.4 Å². The molecule has 0 saturated carbocycles. The predicted molar refractivity (Wildman–Crippen MR) is 92.7 cm³/mol. The summed E-state index contributed by atoms with van der Waals surface area (Å²) in [6.07, 6.45) is 3.91. The lowest BCUT2D eigenvalue weighted by molar-refractivity contribution is -0.152. The highest BCUT2D eigenvalue weighted by Gasteiger charge is 2.16. The van der Waals surface area contributed by atoms with E-state index in [1.807, 2.05) is 44.2 Å². The molecule has 5 heteroatoms. The van der Waals surface area contributed by atoms with E-state index in [1.165, 1.54) is 0 Å². The summed E-state index contributed by atoms with van der Waals surface area (Å²) in [7, 11) is 1.61. The molecule has 132 valence electrons. The first-order valence-corrected chi connectivity index (χ1v) is 7.99. The van der Waals surface area contributed by atoms with Gasteiger partial charge in [0.15, 0.2) is 6.10 Å². The van der Waals surface area contributed by atoms with E-state index in [9.17, 15) is 4.79 Å². The van der Waals surface area contributed by atoms with E-state index < -0.39 is 12.1 Å². The Morgan fingerprint density at radius 2 is 1.96 bits per heavy atom. The number of hydrogen-bond donors (Lipinski definition) is 0. The molecular formula is C19H26O5. The van der Waals surface area contributed by atoms with Crippen LogP contribution < -0.4 is 4.74 Å². The molecule has 0 aliphatic carbocycles. The van der Waals surface area contributed by atoms with Gasteiger partial charge in [0.05, 0.1) is 20.3 Å². The maximum Gasteiger partial charge on any atom is 0.333 e. The van der Waals surface area contributed by atoms with Crippen molar-refractivity contribution in [1.29, 1.82) is 0 Å². The Kier molecular flexibility index (Phi) is 9.31. The van der Waals surface area contributed by atoms with Gasteiger partial charge in [-0.1, -0.05) is 31.7 Å². The largest absolute Gasteiger partial charge is 0.497 e. The number of methoxy groups -OCH3 is 1. The lowest BCUT2D eigenvalue weighted by Gasteiger charge is -2.17. The van der Waals surface area contributed by atoms with Crippen LogP contribution in [0.1, 0.15) is 25.8 Å². The highest BCUT2D eigenvalue weighted by molar-refractivity contribution is 5.71. The van der Waals surface area contributed by atoms with Gasteiger partial charge >= 0.3 is 5.97 Å². The van der Waals surface area contributed by atoms with Gasteiger partial charge in [0, 0.05) is 0 Å². The number of hydrogen-bond acceptors (Lipinski definition) is 5. The maximum atomic E-state index is 11.9. The first-order chi connectivity index (χ1) is 11.6.